The Morgan fingerprint density at radius 2 is 0.932 bits per heavy atom. The third-order valence-corrected chi connectivity index (χ3v) is 17.2. The van der Waals surface area contributed by atoms with E-state index in [0.717, 1.165) is 42.4 Å². The zero-order chi connectivity index (χ0) is 53.8. The van der Waals surface area contributed by atoms with Crippen LogP contribution in [-0.2, 0) is 10.8 Å². The maximum absolute atomic E-state index is 9.95. The summed E-state index contributed by atoms with van der Waals surface area (Å²) in [6.45, 7) is 15.1. The van der Waals surface area contributed by atoms with Gasteiger partial charge in [-0.2, -0.15) is 23.5 Å². The van der Waals surface area contributed by atoms with Crippen molar-refractivity contribution in [1.29, 1.82) is 0 Å². The summed E-state index contributed by atoms with van der Waals surface area (Å²) in [5, 5.41) is 19.7. The van der Waals surface area contributed by atoms with Crippen molar-refractivity contribution >= 4 is 74.0 Å². The maximum Gasteiger partial charge on any atom is 0.369 e. The highest BCUT2D eigenvalue weighted by atomic mass is 79.9. The molecule has 0 aromatic heterocycles. The van der Waals surface area contributed by atoms with Crippen molar-refractivity contribution in [3.63, 3.8) is 0 Å². The van der Waals surface area contributed by atoms with Gasteiger partial charge in [-0.25, -0.2) is 0 Å². The lowest BCUT2D eigenvalue weighted by Crippen LogP contribution is -2.40. The molecule has 0 aliphatic carbocycles. The lowest BCUT2D eigenvalue weighted by molar-refractivity contribution is 0.162. The van der Waals surface area contributed by atoms with Crippen LogP contribution < -0.4 is 18.9 Å². The summed E-state index contributed by atoms with van der Waals surface area (Å²) in [4.78, 5) is 4.99. The van der Waals surface area contributed by atoms with E-state index in [9.17, 15) is 10.2 Å². The van der Waals surface area contributed by atoms with Crippen LogP contribution in [0.25, 0.3) is 0 Å². The number of rotatable bonds is 30. The first kappa shape index (κ1) is 64.3. The Hall–Kier alpha value is -2.20. The molecule has 2 heterocycles. The molecule has 4 unspecified atom stereocenters. The van der Waals surface area contributed by atoms with Crippen LogP contribution in [0.1, 0.15) is 152 Å². The third-order valence-electron chi connectivity index (χ3n) is 14.8. The van der Waals surface area contributed by atoms with Gasteiger partial charge in [0, 0.05) is 34.8 Å². The average molecular weight is 1250 g/mol. The number of phenolic OH excluding ortho intramolecular Hbond substituents is 2. The number of nitrogens with zero attached hydrogens (tertiary/aromatic N) is 2. The maximum atomic E-state index is 9.95. The minimum Gasteiger partial charge on any atom is -0.508 e. The van der Waals surface area contributed by atoms with Gasteiger partial charge in [-0.15, -0.1) is 47.3 Å². The Morgan fingerprint density at radius 3 is 1.39 bits per heavy atom. The number of thioether (sulfide) groups is 2. The Morgan fingerprint density at radius 1 is 0.541 bits per heavy atom. The third kappa shape index (κ3) is 21.6. The normalized spacial score (nSPS) is 18.7. The van der Waals surface area contributed by atoms with Crippen molar-refractivity contribution in [2.45, 2.75) is 140 Å². The molecule has 6 rings (SSSR count). The molecule has 0 bridgehead atoms. The van der Waals surface area contributed by atoms with Crippen LogP contribution >= 0.6 is 70.8 Å². The number of benzene rings is 4. The molecule has 2 N–H and O–H groups in total. The van der Waals surface area contributed by atoms with Crippen molar-refractivity contribution in [2.24, 2.45) is 0 Å². The van der Waals surface area contributed by atoms with Crippen molar-refractivity contribution < 1.29 is 29.2 Å². The Balaban J connectivity index is 0.000000299. The number of halogens is 3. The van der Waals surface area contributed by atoms with Crippen LogP contribution in [0, 0.1) is 0 Å². The minimum absolute atomic E-state index is 0.0832. The van der Waals surface area contributed by atoms with Crippen molar-refractivity contribution in [3.8, 4) is 34.5 Å². The van der Waals surface area contributed by atoms with Crippen molar-refractivity contribution in [2.75, 3.05) is 90.7 Å². The summed E-state index contributed by atoms with van der Waals surface area (Å²) in [7, 11) is 7.96. The van der Waals surface area contributed by atoms with Crippen molar-refractivity contribution in [3.05, 3.63) is 107 Å². The summed E-state index contributed by atoms with van der Waals surface area (Å²) in [6.07, 6.45) is 17.5. The van der Waals surface area contributed by atoms with Gasteiger partial charge >= 0.3 is 3.18 Å². The Bertz CT molecular complexity index is 2140. The molecule has 74 heavy (non-hydrogen) atoms. The molecule has 0 spiro atoms. The summed E-state index contributed by atoms with van der Waals surface area (Å²) in [6, 6.07) is 28.0. The van der Waals surface area contributed by atoms with E-state index in [0.29, 0.717) is 25.0 Å². The van der Waals surface area contributed by atoms with E-state index in [-0.39, 0.29) is 25.5 Å². The monoisotopic (exact) mass is 1250 g/mol. The minimum atomic E-state index is -0.177. The highest BCUT2D eigenvalue weighted by molar-refractivity contribution is 9.69. The molecule has 4 aromatic carbocycles. The summed E-state index contributed by atoms with van der Waals surface area (Å²) in [5.74, 6) is 9.96. The number of aromatic hydroxyl groups is 2. The van der Waals surface area contributed by atoms with E-state index in [1.807, 2.05) is 24.3 Å². The fraction of sp³-hybridized carbons (Fsp3) is 0.600. The Labute approximate surface area is 482 Å². The molecule has 8 nitrogen and oxygen atoms in total. The highest BCUT2D eigenvalue weighted by Crippen LogP contribution is 2.51. The van der Waals surface area contributed by atoms with Gasteiger partial charge in [-0.05, 0) is 173 Å². The Kier molecular flexibility index (Phi) is 30.7. The molecule has 14 heteroatoms. The first-order chi connectivity index (χ1) is 35.7. The molecule has 2 aliphatic heterocycles. The predicted octanol–water partition coefficient (Wildman–Crippen LogP) is 16.7. The van der Waals surface area contributed by atoms with Crippen LogP contribution in [0.15, 0.2) is 84.9 Å². The largest absolute Gasteiger partial charge is 0.508 e. The number of fused-ring (bicyclic) bond motifs is 2. The number of phenols is 2. The van der Waals surface area contributed by atoms with Gasteiger partial charge in [0.25, 0.3) is 0 Å². The van der Waals surface area contributed by atoms with E-state index in [2.05, 4.69) is 159 Å². The van der Waals surface area contributed by atoms with Crippen LogP contribution in [0.2, 0.25) is 0 Å². The summed E-state index contributed by atoms with van der Waals surface area (Å²) >= 11 is 13.5. The molecule has 2 aliphatic rings. The molecule has 0 saturated carbocycles. The van der Waals surface area contributed by atoms with E-state index in [1.165, 1.54) is 142 Å². The second-order valence-corrected chi connectivity index (χ2v) is 29.5. The molecule has 4 aromatic rings. The average Bonchev–Trinajstić information content (AvgIpc) is 3.39. The van der Waals surface area contributed by atoms with E-state index in [1.54, 1.807) is 38.5 Å². The van der Waals surface area contributed by atoms with Crippen molar-refractivity contribution in [1.82, 2.24) is 9.80 Å². The molecule has 412 valence electrons. The standard InChI is InChI=1S/C31H47NO3S.C29H43NO3S.BBr3/c1-6-7-21-36-22-11-20-32(3)19-10-8-9-12-29-28-18-17-27(34-5)23-30(28)35-24-31(29,2)25-13-15-26(33-4)16-14-25;1-4-5-19-34-20-9-18-30(3)17-8-6-7-10-27-26-16-15-25(32)21-28(26)33-22-29(27,2)23-11-13-24(31)14-12-23;2-1(3)4/h13-18,23,29H,6-12,19-22,24H2,1-5H3;11-16,21,27,31-32H,4-10,17-20,22H2,1-3H3;. The fourth-order valence-electron chi connectivity index (χ4n) is 10.3. The quantitative estimate of drug-likeness (QED) is 0.0389. The topological polar surface area (TPSA) is 83.9 Å². The molecular weight excluding hydrogens is 1160 g/mol. The van der Waals surface area contributed by atoms with Crippen LogP contribution in [0.5, 0.6) is 34.5 Å². The van der Waals surface area contributed by atoms with Gasteiger partial charge in [0.1, 0.15) is 34.5 Å². The van der Waals surface area contributed by atoms with Crippen LogP contribution in [-0.4, -0.2) is 114 Å². The van der Waals surface area contributed by atoms with Gasteiger partial charge < -0.3 is 39.0 Å². The molecule has 0 saturated heterocycles. The molecular formula is C60H90BBr3N2O6S2. The molecule has 0 fully saturated rings. The fourth-order valence-corrected chi connectivity index (χ4v) is 12.3. The van der Waals surface area contributed by atoms with E-state index in [4.69, 9.17) is 18.9 Å². The van der Waals surface area contributed by atoms with Gasteiger partial charge in [-0.1, -0.05) is 103 Å². The lowest BCUT2D eigenvalue weighted by atomic mass is 9.66. The zero-order valence-electron chi connectivity index (χ0n) is 46.2. The van der Waals surface area contributed by atoms with Crippen LogP contribution in [0.4, 0.5) is 0 Å². The van der Waals surface area contributed by atoms with E-state index >= 15 is 0 Å². The molecule has 0 radical (unpaired) electrons. The van der Waals surface area contributed by atoms with E-state index < -0.39 is 0 Å². The number of hydrogen-bond acceptors (Lipinski definition) is 10. The molecule has 0 amide bonds. The second-order valence-electron chi connectivity index (χ2n) is 20.6. The SMILES string of the molecule is BrB(Br)Br.CCCCSCCCN(C)CCCCCC1c2ccc(O)cc2OCC1(C)c1ccc(O)cc1.CCCCSCCCN(C)CCCCCC1c2ccc(OC)cc2OCC1(C)c1ccc(OC)cc1. The summed E-state index contributed by atoms with van der Waals surface area (Å²) < 4.78 is 23.6. The first-order valence-corrected chi connectivity index (χ1v) is 32.4. The number of hydrogen-bond donors (Lipinski definition) is 2. The number of methoxy groups -OCH3 is 2. The second kappa shape index (κ2) is 35.3. The van der Waals surface area contributed by atoms with Gasteiger partial charge in [0.2, 0.25) is 0 Å². The highest BCUT2D eigenvalue weighted by Gasteiger charge is 2.43. The number of ether oxygens (including phenoxy) is 4. The molecule has 4 atom stereocenters. The lowest BCUT2D eigenvalue weighted by Gasteiger charge is -2.43. The van der Waals surface area contributed by atoms with Crippen LogP contribution in [0.3, 0.4) is 0 Å². The number of unbranched alkanes of at least 4 members (excludes halogenated alkanes) is 6. The predicted molar refractivity (Wildman–Crippen MR) is 332 cm³/mol. The smallest absolute Gasteiger partial charge is 0.369 e. The first-order valence-electron chi connectivity index (χ1n) is 27.3. The van der Waals surface area contributed by atoms with Gasteiger partial charge in [-0.3, -0.25) is 0 Å². The summed E-state index contributed by atoms with van der Waals surface area (Å²) in [5.41, 5.74) is 4.72. The zero-order valence-corrected chi connectivity index (χ0v) is 52.5. The van der Waals surface area contributed by atoms with Gasteiger partial charge in [0.15, 0.2) is 0 Å². The van der Waals surface area contributed by atoms with Gasteiger partial charge in [0.05, 0.1) is 27.4 Å².